The molecule has 0 saturated carbocycles. The molecule has 0 aromatic carbocycles. The summed E-state index contributed by atoms with van der Waals surface area (Å²) in [7, 11) is 0. The maximum atomic E-state index is 4.63. The first-order chi connectivity index (χ1) is 9.67. The van der Waals surface area contributed by atoms with Crippen LogP contribution in [0.2, 0.25) is 0 Å². The standard InChI is InChI=1S/C14H24N6/c1-5-7-19-14(16-10-17-19)9-20-12(4)13(8-15-6-2)11(3)18-20/h10,15H,5-9H2,1-4H3. The zero-order chi connectivity index (χ0) is 14.5. The SMILES string of the molecule is CCCn1ncnc1Cn1nc(C)c(CNCC)c1C. The van der Waals surface area contributed by atoms with Gasteiger partial charge in [0.15, 0.2) is 0 Å². The third-order valence-corrected chi connectivity index (χ3v) is 3.51. The molecule has 6 nitrogen and oxygen atoms in total. The summed E-state index contributed by atoms with van der Waals surface area (Å²) in [6, 6.07) is 0. The number of aryl methyl sites for hydroxylation is 2. The number of aromatic nitrogens is 5. The lowest BCUT2D eigenvalue weighted by molar-refractivity contribution is 0.533. The Hall–Kier alpha value is -1.69. The van der Waals surface area contributed by atoms with Gasteiger partial charge in [-0.25, -0.2) is 9.67 Å². The molecule has 0 spiro atoms. The molecule has 0 saturated heterocycles. The molecular weight excluding hydrogens is 252 g/mol. The molecule has 2 aromatic rings. The lowest BCUT2D eigenvalue weighted by Crippen LogP contribution is -2.14. The monoisotopic (exact) mass is 276 g/mol. The van der Waals surface area contributed by atoms with Crippen molar-refractivity contribution in [3.63, 3.8) is 0 Å². The van der Waals surface area contributed by atoms with Crippen LogP contribution >= 0.6 is 0 Å². The van der Waals surface area contributed by atoms with Gasteiger partial charge in [-0.1, -0.05) is 13.8 Å². The van der Waals surface area contributed by atoms with E-state index in [4.69, 9.17) is 0 Å². The molecule has 20 heavy (non-hydrogen) atoms. The highest BCUT2D eigenvalue weighted by Gasteiger charge is 2.13. The Bertz CT molecular complexity index is 554. The largest absolute Gasteiger partial charge is 0.313 e. The number of nitrogens with zero attached hydrogens (tertiary/aromatic N) is 5. The highest BCUT2D eigenvalue weighted by molar-refractivity contribution is 5.24. The molecule has 0 aliphatic carbocycles. The van der Waals surface area contributed by atoms with Crippen LogP contribution < -0.4 is 5.32 Å². The maximum absolute atomic E-state index is 4.63. The zero-order valence-electron chi connectivity index (χ0n) is 12.8. The van der Waals surface area contributed by atoms with Gasteiger partial charge in [0.2, 0.25) is 0 Å². The van der Waals surface area contributed by atoms with Crippen LogP contribution in [0.5, 0.6) is 0 Å². The van der Waals surface area contributed by atoms with Crippen molar-refractivity contribution in [2.75, 3.05) is 6.54 Å². The minimum atomic E-state index is 0.679. The lowest BCUT2D eigenvalue weighted by atomic mass is 10.2. The van der Waals surface area contributed by atoms with Crippen molar-refractivity contribution in [2.24, 2.45) is 0 Å². The Morgan fingerprint density at radius 2 is 2.00 bits per heavy atom. The van der Waals surface area contributed by atoms with Crippen molar-refractivity contribution in [1.82, 2.24) is 29.9 Å². The predicted octanol–water partition coefficient (Wildman–Crippen LogP) is 1.66. The molecule has 0 aliphatic rings. The second-order valence-electron chi connectivity index (χ2n) is 4.99. The van der Waals surface area contributed by atoms with Gasteiger partial charge in [0, 0.05) is 24.3 Å². The van der Waals surface area contributed by atoms with Crippen molar-refractivity contribution in [2.45, 2.75) is 53.8 Å². The molecule has 0 unspecified atom stereocenters. The fraction of sp³-hybridized carbons (Fsp3) is 0.643. The minimum Gasteiger partial charge on any atom is -0.313 e. The smallest absolute Gasteiger partial charge is 0.148 e. The average molecular weight is 276 g/mol. The summed E-state index contributed by atoms with van der Waals surface area (Å²) in [6.45, 7) is 11.9. The van der Waals surface area contributed by atoms with Gasteiger partial charge in [0.25, 0.3) is 0 Å². The zero-order valence-corrected chi connectivity index (χ0v) is 12.8. The topological polar surface area (TPSA) is 60.6 Å². The van der Waals surface area contributed by atoms with E-state index in [9.17, 15) is 0 Å². The van der Waals surface area contributed by atoms with Crippen LogP contribution in [0.15, 0.2) is 6.33 Å². The van der Waals surface area contributed by atoms with Gasteiger partial charge in [-0.2, -0.15) is 10.2 Å². The molecule has 0 radical (unpaired) electrons. The lowest BCUT2D eigenvalue weighted by Gasteiger charge is -2.07. The molecule has 0 aliphatic heterocycles. The normalized spacial score (nSPS) is 11.2. The highest BCUT2D eigenvalue weighted by atomic mass is 15.4. The van der Waals surface area contributed by atoms with Crippen molar-refractivity contribution in [3.8, 4) is 0 Å². The molecule has 110 valence electrons. The fourth-order valence-electron chi connectivity index (χ4n) is 2.34. The highest BCUT2D eigenvalue weighted by Crippen LogP contribution is 2.14. The molecule has 0 fully saturated rings. The van der Waals surface area contributed by atoms with E-state index in [1.54, 1.807) is 6.33 Å². The molecule has 2 heterocycles. The molecule has 2 rings (SSSR count). The van der Waals surface area contributed by atoms with E-state index >= 15 is 0 Å². The van der Waals surface area contributed by atoms with Gasteiger partial charge < -0.3 is 5.32 Å². The quantitative estimate of drug-likeness (QED) is 0.835. The number of hydrogen-bond donors (Lipinski definition) is 1. The first-order valence-corrected chi connectivity index (χ1v) is 7.27. The minimum absolute atomic E-state index is 0.679. The Kier molecular flexibility index (Phi) is 4.89. The van der Waals surface area contributed by atoms with Gasteiger partial charge in [0.1, 0.15) is 18.7 Å². The van der Waals surface area contributed by atoms with Crippen LogP contribution in [0.1, 0.15) is 43.0 Å². The van der Waals surface area contributed by atoms with E-state index in [1.165, 1.54) is 11.3 Å². The Morgan fingerprint density at radius 3 is 2.70 bits per heavy atom. The molecule has 0 bridgehead atoms. The van der Waals surface area contributed by atoms with Crippen LogP contribution in [-0.2, 0) is 19.6 Å². The van der Waals surface area contributed by atoms with Crippen LogP contribution in [0, 0.1) is 13.8 Å². The van der Waals surface area contributed by atoms with Crippen molar-refractivity contribution >= 4 is 0 Å². The third-order valence-electron chi connectivity index (χ3n) is 3.51. The Labute approximate surface area is 120 Å². The first-order valence-electron chi connectivity index (χ1n) is 7.27. The van der Waals surface area contributed by atoms with E-state index in [0.717, 1.165) is 37.6 Å². The fourth-order valence-corrected chi connectivity index (χ4v) is 2.34. The summed E-state index contributed by atoms with van der Waals surface area (Å²) >= 11 is 0. The van der Waals surface area contributed by atoms with Crippen molar-refractivity contribution in [1.29, 1.82) is 0 Å². The second kappa shape index (κ2) is 6.65. The van der Waals surface area contributed by atoms with Gasteiger partial charge in [-0.3, -0.25) is 4.68 Å². The Balaban J connectivity index is 2.19. The molecule has 1 N–H and O–H groups in total. The summed E-state index contributed by atoms with van der Waals surface area (Å²) in [4.78, 5) is 4.35. The molecule has 0 atom stereocenters. The molecule has 2 aromatic heterocycles. The number of hydrogen-bond acceptors (Lipinski definition) is 4. The summed E-state index contributed by atoms with van der Waals surface area (Å²) in [5.41, 5.74) is 3.58. The molecule has 6 heteroatoms. The maximum Gasteiger partial charge on any atom is 0.148 e. The van der Waals surface area contributed by atoms with Crippen LogP contribution in [0.25, 0.3) is 0 Å². The summed E-state index contributed by atoms with van der Waals surface area (Å²) in [5.74, 6) is 0.965. The molecule has 0 amide bonds. The van der Waals surface area contributed by atoms with E-state index in [-0.39, 0.29) is 0 Å². The number of nitrogens with one attached hydrogen (secondary N) is 1. The summed E-state index contributed by atoms with van der Waals surface area (Å²) in [6.07, 6.45) is 2.68. The summed E-state index contributed by atoms with van der Waals surface area (Å²) < 4.78 is 3.98. The van der Waals surface area contributed by atoms with Crippen LogP contribution in [0.4, 0.5) is 0 Å². The van der Waals surface area contributed by atoms with Gasteiger partial charge in [-0.15, -0.1) is 0 Å². The van der Waals surface area contributed by atoms with E-state index < -0.39 is 0 Å². The second-order valence-corrected chi connectivity index (χ2v) is 4.99. The van der Waals surface area contributed by atoms with Gasteiger partial charge in [0.05, 0.1) is 5.69 Å². The average Bonchev–Trinajstić information content (AvgIpc) is 2.96. The third kappa shape index (κ3) is 3.07. The van der Waals surface area contributed by atoms with Gasteiger partial charge in [-0.05, 0) is 26.8 Å². The van der Waals surface area contributed by atoms with E-state index in [2.05, 4.69) is 48.2 Å². The van der Waals surface area contributed by atoms with Crippen molar-refractivity contribution in [3.05, 3.63) is 29.1 Å². The van der Waals surface area contributed by atoms with Crippen LogP contribution in [-0.4, -0.2) is 31.1 Å². The van der Waals surface area contributed by atoms with Gasteiger partial charge >= 0.3 is 0 Å². The van der Waals surface area contributed by atoms with Crippen molar-refractivity contribution < 1.29 is 0 Å². The number of rotatable bonds is 7. The van der Waals surface area contributed by atoms with Crippen LogP contribution in [0.3, 0.4) is 0 Å². The molecular formula is C14H24N6. The van der Waals surface area contributed by atoms with E-state index in [1.807, 2.05) is 9.36 Å². The van der Waals surface area contributed by atoms with E-state index in [0.29, 0.717) is 6.54 Å². The summed E-state index contributed by atoms with van der Waals surface area (Å²) in [5, 5.41) is 12.3. The Morgan fingerprint density at radius 1 is 1.20 bits per heavy atom. The first kappa shape index (κ1) is 14.7. The predicted molar refractivity (Wildman–Crippen MR) is 78.5 cm³/mol.